The monoisotopic (exact) mass is 299 g/mol. The van der Waals surface area contributed by atoms with Crippen LogP contribution in [0.3, 0.4) is 0 Å². The number of esters is 1. The molecule has 2 heterocycles. The highest BCUT2D eigenvalue weighted by molar-refractivity contribution is 5.80. The Balaban J connectivity index is 1.93. The summed E-state index contributed by atoms with van der Waals surface area (Å²) < 4.78 is 5.41. The minimum Gasteiger partial charge on any atom is -0.463 e. The van der Waals surface area contributed by atoms with E-state index in [0.29, 0.717) is 25.0 Å². The fourth-order valence-electron chi connectivity index (χ4n) is 3.77. The lowest BCUT2D eigenvalue weighted by atomic mass is 9.82. The van der Waals surface area contributed by atoms with E-state index in [9.17, 15) is 15.0 Å². The average molecular weight is 299 g/mol. The predicted molar refractivity (Wildman–Crippen MR) is 79.7 cm³/mol. The van der Waals surface area contributed by atoms with Crippen LogP contribution in [0.25, 0.3) is 0 Å². The van der Waals surface area contributed by atoms with E-state index in [0.717, 1.165) is 19.5 Å². The summed E-state index contributed by atoms with van der Waals surface area (Å²) in [6, 6.07) is 0.529. The second-order valence-corrected chi connectivity index (χ2v) is 6.70. The van der Waals surface area contributed by atoms with Gasteiger partial charge in [0.2, 0.25) is 0 Å². The molecule has 0 amide bonds. The van der Waals surface area contributed by atoms with Gasteiger partial charge < -0.3 is 14.9 Å². The van der Waals surface area contributed by atoms with Crippen LogP contribution in [-0.2, 0) is 9.53 Å². The Morgan fingerprint density at radius 3 is 2.71 bits per heavy atom. The fraction of sp³-hybridized carbons (Fsp3) is 0.938. The molecule has 2 aliphatic heterocycles. The van der Waals surface area contributed by atoms with Gasteiger partial charge >= 0.3 is 5.97 Å². The molecule has 2 saturated heterocycles. The number of carbonyl (C=O) groups excluding carboxylic acids is 1. The topological polar surface area (TPSA) is 70.0 Å². The molecule has 0 aliphatic carbocycles. The Morgan fingerprint density at radius 2 is 2.10 bits per heavy atom. The van der Waals surface area contributed by atoms with Crippen molar-refractivity contribution in [1.29, 1.82) is 0 Å². The molecule has 21 heavy (non-hydrogen) atoms. The molecule has 2 N–H and O–H groups in total. The second kappa shape index (κ2) is 6.63. The fourth-order valence-corrected chi connectivity index (χ4v) is 3.77. The van der Waals surface area contributed by atoms with Crippen molar-refractivity contribution < 1.29 is 19.7 Å². The largest absolute Gasteiger partial charge is 0.463 e. The number of carbonyl (C=O) groups is 1. The van der Waals surface area contributed by atoms with E-state index in [1.807, 2.05) is 6.92 Å². The summed E-state index contributed by atoms with van der Waals surface area (Å²) in [5, 5.41) is 20.4. The summed E-state index contributed by atoms with van der Waals surface area (Å²) in [6.07, 6.45) is 2.92. The first-order valence-corrected chi connectivity index (χ1v) is 8.22. The summed E-state index contributed by atoms with van der Waals surface area (Å²) >= 11 is 0. The van der Waals surface area contributed by atoms with Gasteiger partial charge in [0.05, 0.1) is 12.7 Å². The van der Waals surface area contributed by atoms with E-state index in [-0.39, 0.29) is 5.92 Å². The van der Waals surface area contributed by atoms with E-state index in [2.05, 4.69) is 4.90 Å². The molecule has 0 radical (unpaired) electrons. The van der Waals surface area contributed by atoms with Gasteiger partial charge in [0.25, 0.3) is 0 Å². The van der Waals surface area contributed by atoms with Crippen molar-refractivity contribution in [2.24, 2.45) is 11.8 Å². The highest BCUT2D eigenvalue weighted by Gasteiger charge is 2.47. The molecule has 0 aromatic rings. The summed E-state index contributed by atoms with van der Waals surface area (Å²) in [4.78, 5) is 14.8. The lowest BCUT2D eigenvalue weighted by molar-refractivity contribution is -0.187. The van der Waals surface area contributed by atoms with Crippen molar-refractivity contribution in [3.63, 3.8) is 0 Å². The second-order valence-electron chi connectivity index (χ2n) is 6.70. The lowest BCUT2D eigenvalue weighted by Crippen LogP contribution is -2.54. The van der Waals surface area contributed by atoms with Crippen molar-refractivity contribution in [1.82, 2.24) is 4.90 Å². The summed E-state index contributed by atoms with van der Waals surface area (Å²) in [7, 11) is 0. The van der Waals surface area contributed by atoms with Crippen LogP contribution in [0.15, 0.2) is 0 Å². The van der Waals surface area contributed by atoms with Crippen LogP contribution in [0.2, 0.25) is 0 Å². The van der Waals surface area contributed by atoms with Gasteiger partial charge in [-0.1, -0.05) is 20.3 Å². The molecule has 0 saturated carbocycles. The number of nitrogens with zero attached hydrogens (tertiary/aromatic N) is 1. The first-order chi connectivity index (χ1) is 9.91. The number of aliphatic hydroxyl groups is 2. The van der Waals surface area contributed by atoms with Crippen molar-refractivity contribution in [2.75, 3.05) is 19.7 Å². The zero-order valence-electron chi connectivity index (χ0n) is 13.4. The first kappa shape index (κ1) is 16.7. The number of ether oxygens (including phenoxy) is 1. The van der Waals surface area contributed by atoms with E-state index in [1.165, 1.54) is 19.8 Å². The van der Waals surface area contributed by atoms with Crippen LogP contribution in [-0.4, -0.2) is 58.5 Å². The molecule has 0 bridgehead atoms. The van der Waals surface area contributed by atoms with Crippen LogP contribution in [0.4, 0.5) is 0 Å². The third-order valence-corrected chi connectivity index (χ3v) is 5.50. The molecule has 2 rings (SSSR count). The lowest BCUT2D eigenvalue weighted by Gasteiger charge is -2.34. The zero-order chi connectivity index (χ0) is 15.6. The molecule has 122 valence electrons. The number of fused-ring (bicyclic) bond motifs is 1. The molecule has 2 fully saturated rings. The highest BCUT2D eigenvalue weighted by Crippen LogP contribution is 2.33. The van der Waals surface area contributed by atoms with Crippen LogP contribution < -0.4 is 0 Å². The molecule has 5 nitrogen and oxygen atoms in total. The minimum absolute atomic E-state index is 0.337. The maximum Gasteiger partial charge on any atom is 0.341 e. The van der Waals surface area contributed by atoms with Gasteiger partial charge in [-0.2, -0.15) is 0 Å². The SMILES string of the molecule is CC[C@H](C)[C@@](O)(C(=O)OC[C@H]1CCN2CCC[C@H]12)[C@H](C)O. The van der Waals surface area contributed by atoms with Gasteiger partial charge in [-0.05, 0) is 45.2 Å². The normalized spacial score (nSPS) is 31.5. The maximum absolute atomic E-state index is 12.3. The van der Waals surface area contributed by atoms with Crippen molar-refractivity contribution in [3.05, 3.63) is 0 Å². The van der Waals surface area contributed by atoms with E-state index in [1.54, 1.807) is 6.92 Å². The predicted octanol–water partition coefficient (Wildman–Crippen LogP) is 1.17. The minimum atomic E-state index is -1.80. The Labute approximate surface area is 127 Å². The molecule has 0 spiro atoms. The van der Waals surface area contributed by atoms with Gasteiger partial charge in [-0.3, -0.25) is 4.90 Å². The van der Waals surface area contributed by atoms with Crippen molar-refractivity contribution in [3.8, 4) is 0 Å². The smallest absolute Gasteiger partial charge is 0.341 e. The molecule has 0 unspecified atom stereocenters. The standard InChI is InChI=1S/C16H29NO4/c1-4-11(2)16(20,12(3)18)15(19)21-10-13-7-9-17-8-5-6-14(13)17/h11-14,18,20H,4-10H2,1-3H3/t11-,12-,13+,14+,16-/m0/s1. The van der Waals surface area contributed by atoms with Gasteiger partial charge in [0.1, 0.15) is 0 Å². The Bertz CT molecular complexity index is 373. The molecular formula is C16H29NO4. The van der Waals surface area contributed by atoms with Gasteiger partial charge in [0.15, 0.2) is 5.60 Å². The Morgan fingerprint density at radius 1 is 1.38 bits per heavy atom. The van der Waals surface area contributed by atoms with Crippen LogP contribution >= 0.6 is 0 Å². The number of hydrogen-bond acceptors (Lipinski definition) is 5. The van der Waals surface area contributed by atoms with Crippen LogP contribution in [0, 0.1) is 11.8 Å². The molecule has 5 atom stereocenters. The number of hydrogen-bond donors (Lipinski definition) is 2. The van der Waals surface area contributed by atoms with Gasteiger partial charge in [0, 0.05) is 12.0 Å². The van der Waals surface area contributed by atoms with Crippen LogP contribution in [0.1, 0.15) is 46.5 Å². The van der Waals surface area contributed by atoms with Crippen molar-refractivity contribution >= 4 is 5.97 Å². The van der Waals surface area contributed by atoms with Gasteiger partial charge in [-0.15, -0.1) is 0 Å². The quantitative estimate of drug-likeness (QED) is 0.721. The third-order valence-electron chi connectivity index (χ3n) is 5.50. The average Bonchev–Trinajstić information content (AvgIpc) is 3.06. The highest BCUT2D eigenvalue weighted by atomic mass is 16.6. The molecule has 0 aromatic carbocycles. The van der Waals surface area contributed by atoms with Gasteiger partial charge in [-0.25, -0.2) is 4.79 Å². The summed E-state index contributed by atoms with van der Waals surface area (Å²) in [5.41, 5.74) is -1.80. The summed E-state index contributed by atoms with van der Waals surface area (Å²) in [5.74, 6) is -0.647. The summed E-state index contributed by atoms with van der Waals surface area (Å²) in [6.45, 7) is 7.69. The van der Waals surface area contributed by atoms with E-state index in [4.69, 9.17) is 4.74 Å². The number of aliphatic hydroxyl groups excluding tert-OH is 1. The van der Waals surface area contributed by atoms with Crippen molar-refractivity contribution in [2.45, 2.75) is 64.2 Å². The molecule has 5 heteroatoms. The van der Waals surface area contributed by atoms with Crippen LogP contribution in [0.5, 0.6) is 0 Å². The molecule has 2 aliphatic rings. The third kappa shape index (κ3) is 3.10. The number of rotatable bonds is 6. The maximum atomic E-state index is 12.3. The Hall–Kier alpha value is -0.650. The van der Waals surface area contributed by atoms with E-state index < -0.39 is 17.7 Å². The molecular weight excluding hydrogens is 270 g/mol. The zero-order valence-corrected chi connectivity index (χ0v) is 13.4. The first-order valence-electron chi connectivity index (χ1n) is 8.22. The molecule has 0 aromatic heterocycles. The Kier molecular flexibility index (Phi) is 5.28. The van der Waals surface area contributed by atoms with E-state index >= 15 is 0 Å².